The Kier molecular flexibility index (Phi) is 3.28. The molecule has 23 heavy (non-hydrogen) atoms. The van der Waals surface area contributed by atoms with Crippen molar-refractivity contribution in [3.8, 4) is 5.69 Å². The van der Waals surface area contributed by atoms with E-state index in [4.69, 9.17) is 10.7 Å². The highest BCUT2D eigenvalue weighted by atomic mass is 19.1. The molecular weight excluding hydrogens is 291 g/mol. The van der Waals surface area contributed by atoms with E-state index in [1.54, 1.807) is 12.3 Å². The lowest BCUT2D eigenvalue weighted by Crippen LogP contribution is -2.11. The standard InChI is InChI=1S/C18H15FN4/c19-13-6-7-16-15(8-13)18(12-4-2-1-3-5-12)22-11-17-21-10-14(9-20)23(16)17/h1-8,10H,9,11,20H2. The van der Waals surface area contributed by atoms with Crippen LogP contribution in [0, 0.1) is 5.82 Å². The highest BCUT2D eigenvalue weighted by Gasteiger charge is 2.21. The minimum absolute atomic E-state index is 0.287. The molecule has 2 aromatic carbocycles. The van der Waals surface area contributed by atoms with Gasteiger partial charge in [-0.1, -0.05) is 30.3 Å². The van der Waals surface area contributed by atoms with Gasteiger partial charge in [0.2, 0.25) is 0 Å². The molecule has 0 bridgehead atoms. The monoisotopic (exact) mass is 306 g/mol. The van der Waals surface area contributed by atoms with Crippen LogP contribution >= 0.6 is 0 Å². The number of halogens is 1. The average molecular weight is 306 g/mol. The second-order valence-corrected chi connectivity index (χ2v) is 5.40. The van der Waals surface area contributed by atoms with Crippen molar-refractivity contribution in [1.29, 1.82) is 0 Å². The van der Waals surface area contributed by atoms with Gasteiger partial charge in [0.25, 0.3) is 0 Å². The molecule has 1 aliphatic rings. The average Bonchev–Trinajstić information content (AvgIpc) is 2.92. The fraction of sp³-hybridized carbons (Fsp3) is 0.111. The maximum atomic E-state index is 13.9. The molecule has 114 valence electrons. The van der Waals surface area contributed by atoms with Crippen LogP contribution < -0.4 is 5.73 Å². The van der Waals surface area contributed by atoms with E-state index in [0.717, 1.165) is 34.0 Å². The number of nitrogens with two attached hydrogens (primary N) is 1. The van der Waals surface area contributed by atoms with Gasteiger partial charge in [-0.05, 0) is 18.2 Å². The molecule has 0 fully saturated rings. The number of aliphatic imine (C=N–C) groups is 1. The van der Waals surface area contributed by atoms with E-state index in [1.165, 1.54) is 12.1 Å². The number of nitrogens with zero attached hydrogens (tertiary/aromatic N) is 3. The Morgan fingerprint density at radius 1 is 1.13 bits per heavy atom. The summed E-state index contributed by atoms with van der Waals surface area (Å²) in [6, 6.07) is 14.5. The predicted octanol–water partition coefficient (Wildman–Crippen LogP) is 2.82. The first-order valence-electron chi connectivity index (χ1n) is 7.43. The minimum Gasteiger partial charge on any atom is -0.325 e. The molecule has 0 unspecified atom stereocenters. The van der Waals surface area contributed by atoms with E-state index in [1.807, 2.05) is 34.9 Å². The molecule has 2 N–H and O–H groups in total. The van der Waals surface area contributed by atoms with Crippen LogP contribution in [0.15, 0.2) is 59.7 Å². The summed E-state index contributed by atoms with van der Waals surface area (Å²) in [6.07, 6.45) is 1.76. The zero-order valence-electron chi connectivity index (χ0n) is 12.4. The van der Waals surface area contributed by atoms with E-state index in [0.29, 0.717) is 13.1 Å². The van der Waals surface area contributed by atoms with Crippen molar-refractivity contribution in [3.05, 3.63) is 83.2 Å². The largest absolute Gasteiger partial charge is 0.325 e. The van der Waals surface area contributed by atoms with E-state index in [9.17, 15) is 4.39 Å². The Balaban J connectivity index is 2.00. The molecule has 2 heterocycles. The molecule has 0 aliphatic carbocycles. The highest BCUT2D eigenvalue weighted by molar-refractivity contribution is 6.15. The number of imidazole rings is 1. The summed E-state index contributed by atoms with van der Waals surface area (Å²) in [5, 5.41) is 0. The number of hydrogen-bond acceptors (Lipinski definition) is 3. The van der Waals surface area contributed by atoms with Gasteiger partial charge in [0.05, 0.1) is 29.8 Å². The van der Waals surface area contributed by atoms with Crippen molar-refractivity contribution in [2.75, 3.05) is 0 Å². The minimum atomic E-state index is -0.287. The Labute approximate surface area is 133 Å². The SMILES string of the molecule is NCc1cnc2n1-c1ccc(F)cc1C(c1ccccc1)=NC2. The van der Waals surface area contributed by atoms with Crippen LogP contribution in [0.1, 0.15) is 22.6 Å². The van der Waals surface area contributed by atoms with E-state index < -0.39 is 0 Å². The molecule has 1 aliphatic heterocycles. The lowest BCUT2D eigenvalue weighted by Gasteiger charge is -2.14. The molecule has 0 radical (unpaired) electrons. The highest BCUT2D eigenvalue weighted by Crippen LogP contribution is 2.27. The van der Waals surface area contributed by atoms with Crippen LogP contribution in [0.25, 0.3) is 5.69 Å². The van der Waals surface area contributed by atoms with Gasteiger partial charge in [0.1, 0.15) is 11.6 Å². The summed E-state index contributed by atoms with van der Waals surface area (Å²) >= 11 is 0. The number of aromatic nitrogens is 2. The number of fused-ring (bicyclic) bond motifs is 3. The molecule has 0 saturated carbocycles. The second kappa shape index (κ2) is 5.44. The van der Waals surface area contributed by atoms with Crippen molar-refractivity contribution in [2.24, 2.45) is 10.7 Å². The summed E-state index contributed by atoms with van der Waals surface area (Å²) in [6.45, 7) is 0.797. The quantitative estimate of drug-likeness (QED) is 0.791. The fourth-order valence-corrected chi connectivity index (χ4v) is 2.95. The van der Waals surface area contributed by atoms with Crippen molar-refractivity contribution in [2.45, 2.75) is 13.1 Å². The summed E-state index contributed by atoms with van der Waals surface area (Å²) < 4.78 is 15.9. The van der Waals surface area contributed by atoms with Crippen LogP contribution in [0.2, 0.25) is 0 Å². The van der Waals surface area contributed by atoms with Gasteiger partial charge in [-0.15, -0.1) is 0 Å². The smallest absolute Gasteiger partial charge is 0.135 e. The lowest BCUT2D eigenvalue weighted by molar-refractivity contribution is 0.627. The molecular formula is C18H15FN4. The Bertz CT molecular complexity index is 897. The molecule has 0 spiro atoms. The summed E-state index contributed by atoms with van der Waals surface area (Å²) in [7, 11) is 0. The van der Waals surface area contributed by atoms with Crippen molar-refractivity contribution >= 4 is 5.71 Å². The molecule has 5 heteroatoms. The molecule has 0 atom stereocenters. The van der Waals surface area contributed by atoms with Gasteiger partial charge in [0.15, 0.2) is 0 Å². The van der Waals surface area contributed by atoms with Crippen molar-refractivity contribution in [1.82, 2.24) is 9.55 Å². The summed E-state index contributed by atoms with van der Waals surface area (Å²) in [4.78, 5) is 9.11. The van der Waals surface area contributed by atoms with Gasteiger partial charge in [-0.2, -0.15) is 0 Å². The van der Waals surface area contributed by atoms with Crippen LogP contribution in [0.5, 0.6) is 0 Å². The third-order valence-electron chi connectivity index (χ3n) is 4.00. The Morgan fingerprint density at radius 3 is 2.74 bits per heavy atom. The van der Waals surface area contributed by atoms with E-state index in [-0.39, 0.29) is 5.82 Å². The third-order valence-corrected chi connectivity index (χ3v) is 4.00. The number of rotatable bonds is 2. The summed E-state index contributed by atoms with van der Waals surface area (Å²) in [5.74, 6) is 0.523. The first-order valence-corrected chi connectivity index (χ1v) is 7.43. The molecule has 3 aromatic rings. The van der Waals surface area contributed by atoms with Gasteiger partial charge >= 0.3 is 0 Å². The Hall–Kier alpha value is -2.79. The predicted molar refractivity (Wildman–Crippen MR) is 87.2 cm³/mol. The molecule has 1 aromatic heterocycles. The number of hydrogen-bond donors (Lipinski definition) is 1. The Morgan fingerprint density at radius 2 is 1.96 bits per heavy atom. The normalized spacial score (nSPS) is 13.0. The zero-order valence-corrected chi connectivity index (χ0v) is 12.4. The maximum Gasteiger partial charge on any atom is 0.135 e. The molecule has 0 amide bonds. The zero-order chi connectivity index (χ0) is 15.8. The maximum absolute atomic E-state index is 13.9. The topological polar surface area (TPSA) is 56.2 Å². The van der Waals surface area contributed by atoms with Gasteiger partial charge in [-0.3, -0.25) is 9.56 Å². The second-order valence-electron chi connectivity index (χ2n) is 5.40. The van der Waals surface area contributed by atoms with Crippen LogP contribution in [-0.2, 0) is 13.1 Å². The summed E-state index contributed by atoms with van der Waals surface area (Å²) in [5.41, 5.74) is 10.1. The van der Waals surface area contributed by atoms with E-state index in [2.05, 4.69) is 4.98 Å². The van der Waals surface area contributed by atoms with Gasteiger partial charge < -0.3 is 5.73 Å². The van der Waals surface area contributed by atoms with Crippen LogP contribution in [0.3, 0.4) is 0 Å². The molecule has 4 rings (SSSR count). The number of benzene rings is 2. The van der Waals surface area contributed by atoms with Gasteiger partial charge in [0, 0.05) is 17.7 Å². The van der Waals surface area contributed by atoms with Crippen LogP contribution in [-0.4, -0.2) is 15.3 Å². The van der Waals surface area contributed by atoms with Crippen molar-refractivity contribution < 1.29 is 4.39 Å². The van der Waals surface area contributed by atoms with Crippen LogP contribution in [0.4, 0.5) is 4.39 Å². The lowest BCUT2D eigenvalue weighted by atomic mass is 10.0. The fourth-order valence-electron chi connectivity index (χ4n) is 2.95. The first kappa shape index (κ1) is 13.8. The third kappa shape index (κ3) is 2.26. The molecule has 0 saturated heterocycles. The van der Waals surface area contributed by atoms with Crippen molar-refractivity contribution in [3.63, 3.8) is 0 Å². The van der Waals surface area contributed by atoms with Gasteiger partial charge in [-0.25, -0.2) is 9.37 Å². The van der Waals surface area contributed by atoms with E-state index >= 15 is 0 Å². The molecule has 4 nitrogen and oxygen atoms in total. The first-order chi connectivity index (χ1) is 11.3.